The molecule has 0 radical (unpaired) electrons. The van der Waals surface area contributed by atoms with E-state index in [1.54, 1.807) is 0 Å². The number of rotatable bonds is 5. The van der Waals surface area contributed by atoms with Gasteiger partial charge in [-0.3, -0.25) is 9.59 Å². The molecule has 1 aliphatic heterocycles. The van der Waals surface area contributed by atoms with Crippen molar-refractivity contribution in [3.8, 4) is 0 Å². The Morgan fingerprint density at radius 1 is 1.29 bits per heavy atom. The second-order valence-corrected chi connectivity index (χ2v) is 8.26. The van der Waals surface area contributed by atoms with Gasteiger partial charge in [0.25, 0.3) is 0 Å². The molecule has 1 aliphatic rings. The molecule has 1 fully saturated rings. The monoisotopic (exact) mass is 376 g/mol. The van der Waals surface area contributed by atoms with Crippen LogP contribution in [0.2, 0.25) is 5.02 Å². The highest BCUT2D eigenvalue weighted by molar-refractivity contribution is 7.91. The van der Waals surface area contributed by atoms with Crippen LogP contribution in [0, 0.1) is 11.7 Å². The van der Waals surface area contributed by atoms with Crippen molar-refractivity contribution in [2.75, 3.05) is 18.8 Å². The maximum Gasteiger partial charge on any atom is 0.237 e. The molecule has 1 heterocycles. The first-order valence-electron chi connectivity index (χ1n) is 7.40. The highest BCUT2D eigenvalue weighted by atomic mass is 35.5. The van der Waals surface area contributed by atoms with E-state index in [4.69, 9.17) is 17.3 Å². The van der Waals surface area contributed by atoms with E-state index in [1.807, 2.05) is 0 Å². The molecule has 1 aromatic carbocycles. The Morgan fingerprint density at radius 3 is 2.46 bits per heavy atom. The highest BCUT2D eigenvalue weighted by Crippen LogP contribution is 2.22. The summed E-state index contributed by atoms with van der Waals surface area (Å²) in [5.41, 5.74) is 5.08. The van der Waals surface area contributed by atoms with Crippen molar-refractivity contribution in [3.05, 3.63) is 34.6 Å². The molecule has 0 aliphatic carbocycles. The van der Waals surface area contributed by atoms with E-state index in [0.717, 1.165) is 6.07 Å². The van der Waals surface area contributed by atoms with Crippen LogP contribution in [0.25, 0.3) is 0 Å². The van der Waals surface area contributed by atoms with Crippen molar-refractivity contribution >= 4 is 33.3 Å². The summed E-state index contributed by atoms with van der Waals surface area (Å²) in [4.78, 5) is 24.6. The van der Waals surface area contributed by atoms with Crippen molar-refractivity contribution < 1.29 is 22.4 Å². The van der Waals surface area contributed by atoms with Crippen LogP contribution in [0.4, 0.5) is 4.39 Å². The number of nitrogens with two attached hydrogens (primary N) is 1. The van der Waals surface area contributed by atoms with Crippen LogP contribution in [0.1, 0.15) is 18.4 Å². The summed E-state index contributed by atoms with van der Waals surface area (Å²) in [6, 6.07) is 3.89. The second-order valence-electron chi connectivity index (χ2n) is 5.79. The van der Waals surface area contributed by atoms with Gasteiger partial charge in [-0.1, -0.05) is 17.7 Å². The summed E-state index contributed by atoms with van der Waals surface area (Å²) >= 11 is 5.82. The topological polar surface area (TPSA) is 97.5 Å². The largest absolute Gasteiger partial charge is 0.369 e. The zero-order chi connectivity index (χ0) is 17.9. The quantitative estimate of drug-likeness (QED) is 0.832. The molecule has 2 amide bonds. The Kier molecular flexibility index (Phi) is 5.82. The average molecular weight is 377 g/mol. The van der Waals surface area contributed by atoms with Crippen molar-refractivity contribution in [1.82, 2.24) is 4.90 Å². The smallest absolute Gasteiger partial charge is 0.237 e. The minimum absolute atomic E-state index is 0.00768. The van der Waals surface area contributed by atoms with Gasteiger partial charge in [0.1, 0.15) is 11.6 Å². The standard InChI is InChI=1S/C15H18ClFN2O4S/c16-12-2-1-3-13(17)11(12)8-24(22,23)9-14(20)19-6-4-10(5-7-19)15(18)21/h1-3,10H,4-9H2,(H2,18,21). The normalized spacial score (nSPS) is 16.2. The van der Waals surface area contributed by atoms with Gasteiger partial charge in [0.2, 0.25) is 11.8 Å². The van der Waals surface area contributed by atoms with Gasteiger partial charge in [-0.15, -0.1) is 0 Å². The summed E-state index contributed by atoms with van der Waals surface area (Å²) in [5.74, 6) is -3.35. The molecule has 132 valence electrons. The number of hydrogen-bond donors (Lipinski definition) is 1. The minimum Gasteiger partial charge on any atom is -0.369 e. The summed E-state index contributed by atoms with van der Waals surface area (Å²) in [6.07, 6.45) is 0.834. The van der Waals surface area contributed by atoms with Crippen LogP contribution in [0.5, 0.6) is 0 Å². The first kappa shape index (κ1) is 18.7. The third-order valence-electron chi connectivity index (χ3n) is 4.02. The third-order valence-corrected chi connectivity index (χ3v) is 5.79. The van der Waals surface area contributed by atoms with Gasteiger partial charge >= 0.3 is 0 Å². The van der Waals surface area contributed by atoms with Crippen molar-refractivity contribution in [3.63, 3.8) is 0 Å². The molecule has 0 atom stereocenters. The lowest BCUT2D eigenvalue weighted by Crippen LogP contribution is -2.44. The van der Waals surface area contributed by atoms with E-state index >= 15 is 0 Å². The van der Waals surface area contributed by atoms with Crippen LogP contribution in [-0.2, 0) is 25.2 Å². The lowest BCUT2D eigenvalue weighted by molar-refractivity contribution is -0.132. The van der Waals surface area contributed by atoms with E-state index in [1.165, 1.54) is 17.0 Å². The minimum atomic E-state index is -3.87. The van der Waals surface area contributed by atoms with Crippen LogP contribution in [0.15, 0.2) is 18.2 Å². The van der Waals surface area contributed by atoms with Gasteiger partial charge in [-0.2, -0.15) is 0 Å². The highest BCUT2D eigenvalue weighted by Gasteiger charge is 2.29. The number of likely N-dealkylation sites (tertiary alicyclic amines) is 1. The van der Waals surface area contributed by atoms with Crippen LogP contribution >= 0.6 is 11.6 Å². The molecular formula is C15H18ClFN2O4S. The number of piperidine rings is 1. The van der Waals surface area contributed by atoms with Crippen LogP contribution in [-0.4, -0.2) is 44.0 Å². The van der Waals surface area contributed by atoms with Crippen molar-refractivity contribution in [2.45, 2.75) is 18.6 Å². The zero-order valence-corrected chi connectivity index (χ0v) is 14.4. The number of nitrogens with zero attached hydrogens (tertiary/aromatic N) is 1. The first-order valence-corrected chi connectivity index (χ1v) is 9.60. The van der Waals surface area contributed by atoms with Gasteiger partial charge in [-0.25, -0.2) is 12.8 Å². The maximum absolute atomic E-state index is 13.7. The summed E-state index contributed by atoms with van der Waals surface area (Å²) in [7, 11) is -3.87. The lowest BCUT2D eigenvalue weighted by atomic mass is 9.96. The molecule has 9 heteroatoms. The molecule has 2 N–H and O–H groups in total. The number of carbonyl (C=O) groups excluding carboxylic acids is 2. The SMILES string of the molecule is NC(=O)C1CCN(C(=O)CS(=O)(=O)Cc2c(F)cccc2Cl)CC1. The fraction of sp³-hybridized carbons (Fsp3) is 0.467. The van der Waals surface area contributed by atoms with Crippen molar-refractivity contribution in [2.24, 2.45) is 11.7 Å². The summed E-state index contributed by atoms with van der Waals surface area (Å²) in [5, 5.41) is 0.00768. The fourth-order valence-electron chi connectivity index (χ4n) is 2.63. The molecule has 1 saturated heterocycles. The van der Waals surface area contributed by atoms with E-state index in [9.17, 15) is 22.4 Å². The Hall–Kier alpha value is -1.67. The van der Waals surface area contributed by atoms with Crippen LogP contribution < -0.4 is 5.73 Å². The molecule has 24 heavy (non-hydrogen) atoms. The number of benzene rings is 1. The number of carbonyl (C=O) groups is 2. The molecule has 2 rings (SSSR count). The number of hydrogen-bond acceptors (Lipinski definition) is 4. The predicted octanol–water partition coefficient (Wildman–Crippen LogP) is 1.12. The Labute approximate surface area is 144 Å². The zero-order valence-electron chi connectivity index (χ0n) is 12.9. The van der Waals surface area contributed by atoms with Crippen LogP contribution in [0.3, 0.4) is 0 Å². The number of primary amides is 1. The molecule has 0 bridgehead atoms. The van der Waals surface area contributed by atoms with E-state index in [0.29, 0.717) is 12.8 Å². The number of sulfone groups is 1. The van der Waals surface area contributed by atoms with E-state index in [2.05, 4.69) is 0 Å². The van der Waals surface area contributed by atoms with Gasteiger partial charge < -0.3 is 10.6 Å². The number of halogens is 2. The Bertz CT molecular complexity index is 726. The fourth-order valence-corrected chi connectivity index (χ4v) is 4.34. The number of amides is 2. The van der Waals surface area contributed by atoms with E-state index in [-0.39, 0.29) is 29.6 Å². The molecular weight excluding hydrogens is 359 g/mol. The molecule has 0 unspecified atom stereocenters. The maximum atomic E-state index is 13.7. The molecule has 1 aromatic rings. The third kappa shape index (κ3) is 4.67. The first-order chi connectivity index (χ1) is 11.2. The molecule has 0 spiro atoms. The molecule has 0 saturated carbocycles. The van der Waals surface area contributed by atoms with Gasteiger partial charge in [0.05, 0.1) is 5.75 Å². The van der Waals surface area contributed by atoms with Gasteiger partial charge in [-0.05, 0) is 25.0 Å². The summed E-state index contributed by atoms with van der Waals surface area (Å²) < 4.78 is 38.1. The Balaban J connectivity index is 1.99. The van der Waals surface area contributed by atoms with E-state index < -0.39 is 39.0 Å². The predicted molar refractivity (Wildman–Crippen MR) is 87.4 cm³/mol. The van der Waals surface area contributed by atoms with Gasteiger partial charge in [0.15, 0.2) is 9.84 Å². The molecule has 0 aromatic heterocycles. The van der Waals surface area contributed by atoms with Crippen molar-refractivity contribution in [1.29, 1.82) is 0 Å². The Morgan fingerprint density at radius 2 is 1.92 bits per heavy atom. The summed E-state index contributed by atoms with van der Waals surface area (Å²) in [6.45, 7) is 0.560. The average Bonchev–Trinajstić information content (AvgIpc) is 2.51. The lowest BCUT2D eigenvalue weighted by Gasteiger charge is -2.30. The molecule has 6 nitrogen and oxygen atoms in total. The second kappa shape index (κ2) is 7.48. The van der Waals surface area contributed by atoms with Gasteiger partial charge in [0, 0.05) is 29.6 Å².